The van der Waals surface area contributed by atoms with Crippen molar-refractivity contribution in [3.8, 4) is 22.8 Å². The number of aromatic nitrogens is 4. The van der Waals surface area contributed by atoms with Crippen molar-refractivity contribution in [3.05, 3.63) is 59.7 Å². The number of halogens is 6. The van der Waals surface area contributed by atoms with Crippen LogP contribution in [0.4, 0.5) is 31.7 Å². The summed E-state index contributed by atoms with van der Waals surface area (Å²) in [5.74, 6) is -9.87. The summed E-state index contributed by atoms with van der Waals surface area (Å²) >= 11 is -0.303. The Labute approximate surface area is 167 Å². The Hall–Kier alpha value is -3.48. The summed E-state index contributed by atoms with van der Waals surface area (Å²) in [7, 11) is 0. The van der Waals surface area contributed by atoms with E-state index in [1.807, 2.05) is 0 Å². The second kappa shape index (κ2) is 7.40. The van der Waals surface area contributed by atoms with Crippen molar-refractivity contribution >= 4 is 29.2 Å². The molecule has 0 bridgehead atoms. The van der Waals surface area contributed by atoms with Crippen molar-refractivity contribution in [2.45, 2.75) is 0 Å². The van der Waals surface area contributed by atoms with E-state index in [2.05, 4.69) is 15.1 Å². The molecule has 6 nitrogen and oxygen atoms in total. The number of anilines is 1. The van der Waals surface area contributed by atoms with Gasteiger partial charge in [-0.25, -0.2) is 23.1 Å². The van der Waals surface area contributed by atoms with E-state index in [0.717, 1.165) is 22.5 Å². The molecule has 0 spiro atoms. The standard InChI is InChI=1S/C17H7F6N5OS/c18-8-3-6(29-15-12(21)9(19)4-10(20)13(15)22)1-2-7(8)14-11-16(24)25-5-26-17(11)28(27-14)30-23/h1-5H,(H2,24,25,26). The largest absolute Gasteiger partial charge is 0.451 e. The second-order valence-corrected chi connectivity index (χ2v) is 6.27. The van der Waals surface area contributed by atoms with Crippen LogP contribution < -0.4 is 10.5 Å². The second-order valence-electron chi connectivity index (χ2n) is 5.79. The monoisotopic (exact) mass is 443 g/mol. The van der Waals surface area contributed by atoms with Crippen LogP contribution in [-0.2, 0) is 0 Å². The minimum Gasteiger partial charge on any atom is -0.451 e. The Morgan fingerprint density at radius 1 is 0.933 bits per heavy atom. The van der Waals surface area contributed by atoms with E-state index in [9.17, 15) is 25.8 Å². The molecule has 2 aromatic carbocycles. The number of nitrogens with two attached hydrogens (primary N) is 1. The van der Waals surface area contributed by atoms with E-state index >= 15 is 0 Å². The summed E-state index contributed by atoms with van der Waals surface area (Å²) in [6.45, 7) is 0. The van der Waals surface area contributed by atoms with Crippen LogP contribution in [0, 0.1) is 29.1 Å². The highest BCUT2D eigenvalue weighted by Crippen LogP contribution is 2.36. The number of benzene rings is 2. The molecule has 13 heteroatoms. The highest BCUT2D eigenvalue weighted by atomic mass is 32.2. The van der Waals surface area contributed by atoms with Gasteiger partial charge in [0.05, 0.1) is 5.39 Å². The number of nitrogen functional groups attached to an aromatic ring is 1. The van der Waals surface area contributed by atoms with Crippen LogP contribution in [0.1, 0.15) is 0 Å². The molecule has 2 heterocycles. The van der Waals surface area contributed by atoms with E-state index in [1.54, 1.807) is 0 Å². The Balaban J connectivity index is 1.79. The number of fused-ring (bicyclic) bond motifs is 1. The lowest BCUT2D eigenvalue weighted by molar-refractivity contribution is 0.365. The Morgan fingerprint density at radius 3 is 2.27 bits per heavy atom. The van der Waals surface area contributed by atoms with Gasteiger partial charge in [-0.1, -0.05) is 0 Å². The number of ether oxygens (including phenoxy) is 1. The van der Waals surface area contributed by atoms with Gasteiger partial charge in [-0.05, 0) is 12.1 Å². The van der Waals surface area contributed by atoms with Gasteiger partial charge in [0.25, 0.3) is 0 Å². The molecule has 0 amide bonds. The van der Waals surface area contributed by atoms with Crippen LogP contribution >= 0.6 is 12.3 Å². The van der Waals surface area contributed by atoms with Crippen LogP contribution in [0.5, 0.6) is 11.5 Å². The van der Waals surface area contributed by atoms with Crippen LogP contribution in [0.2, 0.25) is 0 Å². The minimum absolute atomic E-state index is 0.0101. The minimum atomic E-state index is -1.78. The first-order chi connectivity index (χ1) is 14.3. The zero-order valence-corrected chi connectivity index (χ0v) is 15.2. The molecule has 4 aromatic rings. The predicted molar refractivity (Wildman–Crippen MR) is 95.6 cm³/mol. The lowest BCUT2D eigenvalue weighted by atomic mass is 10.1. The van der Waals surface area contributed by atoms with E-state index in [0.29, 0.717) is 6.07 Å². The van der Waals surface area contributed by atoms with Crippen LogP contribution in [-0.4, -0.2) is 19.2 Å². The first kappa shape index (κ1) is 19.8. The molecule has 0 saturated carbocycles. The smallest absolute Gasteiger partial charge is 0.204 e. The average Bonchev–Trinajstić information content (AvgIpc) is 3.10. The SMILES string of the molecule is Nc1ncnc2c1c(-c1ccc(Oc3c(F)c(F)cc(F)c3F)cc1F)nn2SF. The van der Waals surface area contributed by atoms with E-state index in [1.165, 1.54) is 0 Å². The quantitative estimate of drug-likeness (QED) is 0.356. The number of hydrogen-bond acceptors (Lipinski definition) is 6. The Bertz CT molecular complexity index is 1270. The van der Waals surface area contributed by atoms with E-state index < -0.39 is 40.6 Å². The normalized spacial score (nSPS) is 11.3. The van der Waals surface area contributed by atoms with Crippen LogP contribution in [0.25, 0.3) is 22.3 Å². The third kappa shape index (κ3) is 3.16. The zero-order chi connectivity index (χ0) is 21.6. The summed E-state index contributed by atoms with van der Waals surface area (Å²) in [6.07, 6.45) is 1.07. The topological polar surface area (TPSA) is 78.8 Å². The fraction of sp³-hybridized carbons (Fsp3) is 0. The molecule has 154 valence electrons. The summed E-state index contributed by atoms with van der Waals surface area (Å²) in [6, 6.07) is 2.87. The zero-order valence-electron chi connectivity index (χ0n) is 14.3. The number of hydrogen-bond donors (Lipinski definition) is 1. The Morgan fingerprint density at radius 2 is 1.63 bits per heavy atom. The molecule has 0 atom stereocenters. The number of nitrogens with zero attached hydrogens (tertiary/aromatic N) is 4. The molecule has 0 aliphatic rings. The lowest BCUT2D eigenvalue weighted by Crippen LogP contribution is -2.00. The highest BCUT2D eigenvalue weighted by molar-refractivity contribution is 7.92. The van der Waals surface area contributed by atoms with Crippen molar-refractivity contribution in [1.82, 2.24) is 19.2 Å². The Kier molecular flexibility index (Phi) is 4.89. The van der Waals surface area contributed by atoms with Gasteiger partial charge in [-0.2, -0.15) is 18.0 Å². The van der Waals surface area contributed by atoms with Gasteiger partial charge < -0.3 is 10.5 Å². The van der Waals surface area contributed by atoms with E-state index in [4.69, 9.17) is 10.5 Å². The fourth-order valence-electron chi connectivity index (χ4n) is 2.70. The molecule has 0 radical (unpaired) electrons. The molecule has 0 saturated heterocycles. The van der Waals surface area contributed by atoms with Gasteiger partial charge in [0.2, 0.25) is 17.4 Å². The molecule has 2 aromatic heterocycles. The van der Waals surface area contributed by atoms with Gasteiger partial charge in [-0.15, -0.1) is 3.89 Å². The third-order valence-corrected chi connectivity index (χ3v) is 4.40. The predicted octanol–water partition coefficient (Wildman–Crippen LogP) is 4.94. The summed E-state index contributed by atoms with van der Waals surface area (Å²) in [4.78, 5) is 7.61. The summed E-state index contributed by atoms with van der Waals surface area (Å²) < 4.78 is 87.5. The van der Waals surface area contributed by atoms with Crippen molar-refractivity contribution < 1.29 is 30.6 Å². The van der Waals surface area contributed by atoms with Crippen molar-refractivity contribution in [2.24, 2.45) is 0 Å². The highest BCUT2D eigenvalue weighted by Gasteiger charge is 2.23. The number of rotatable bonds is 4. The van der Waals surface area contributed by atoms with Gasteiger partial charge >= 0.3 is 0 Å². The first-order valence-corrected chi connectivity index (χ1v) is 8.58. The molecule has 30 heavy (non-hydrogen) atoms. The fourth-order valence-corrected chi connectivity index (χ4v) is 3.01. The molecule has 0 aliphatic carbocycles. The van der Waals surface area contributed by atoms with Crippen molar-refractivity contribution in [2.75, 3.05) is 5.73 Å². The summed E-state index contributed by atoms with van der Waals surface area (Å²) in [5, 5.41) is 3.96. The lowest BCUT2D eigenvalue weighted by Gasteiger charge is -2.10. The van der Waals surface area contributed by atoms with Gasteiger partial charge in [0.1, 0.15) is 29.4 Å². The van der Waals surface area contributed by atoms with Crippen molar-refractivity contribution in [1.29, 1.82) is 0 Å². The van der Waals surface area contributed by atoms with Gasteiger partial charge in [0, 0.05) is 17.7 Å². The third-order valence-electron chi connectivity index (χ3n) is 4.02. The van der Waals surface area contributed by atoms with Gasteiger partial charge in [0.15, 0.2) is 29.6 Å². The maximum Gasteiger partial charge on any atom is 0.204 e. The molecule has 0 aliphatic heterocycles. The molecule has 4 rings (SSSR count). The van der Waals surface area contributed by atoms with Crippen LogP contribution in [0.3, 0.4) is 0 Å². The molecular formula is C17H7F6N5OS. The first-order valence-electron chi connectivity index (χ1n) is 7.90. The van der Waals surface area contributed by atoms with Crippen molar-refractivity contribution in [3.63, 3.8) is 0 Å². The van der Waals surface area contributed by atoms with E-state index in [-0.39, 0.29) is 46.5 Å². The summed E-state index contributed by atoms with van der Waals surface area (Å²) in [5.41, 5.74) is 5.47. The average molecular weight is 443 g/mol. The molecule has 2 N–H and O–H groups in total. The van der Waals surface area contributed by atoms with Crippen LogP contribution in [0.15, 0.2) is 30.6 Å². The van der Waals surface area contributed by atoms with Gasteiger partial charge in [-0.3, -0.25) is 0 Å². The maximum atomic E-state index is 14.7. The molecular weight excluding hydrogens is 436 g/mol. The molecule has 0 fully saturated rings. The maximum absolute atomic E-state index is 14.7. The molecule has 0 unspecified atom stereocenters.